The zero-order chi connectivity index (χ0) is 25.8. The normalized spacial score (nSPS) is 39.6. The van der Waals surface area contributed by atoms with E-state index in [1.807, 2.05) is 0 Å². The van der Waals surface area contributed by atoms with Gasteiger partial charge in [0.2, 0.25) is 0 Å². The highest BCUT2D eigenvalue weighted by Crippen LogP contribution is 2.65. The van der Waals surface area contributed by atoms with Crippen LogP contribution in [0.15, 0.2) is 29.5 Å². The third kappa shape index (κ3) is 5.52. The minimum atomic E-state index is -1.26. The summed E-state index contributed by atoms with van der Waals surface area (Å²) in [7, 11) is 0. The minimum absolute atomic E-state index is 0.118. The van der Waals surface area contributed by atoms with E-state index in [2.05, 4.69) is 31.2 Å². The zero-order valence-corrected chi connectivity index (χ0v) is 20.9. The van der Waals surface area contributed by atoms with E-state index in [4.69, 9.17) is 15.9 Å². The van der Waals surface area contributed by atoms with Crippen molar-refractivity contribution in [3.05, 3.63) is 24.3 Å². The first-order chi connectivity index (χ1) is 16.6. The number of carbonyl (C=O) groups is 3. The van der Waals surface area contributed by atoms with Crippen LogP contribution in [0.1, 0.15) is 71.6 Å². The first kappa shape index (κ1) is 27.1. The Morgan fingerprint density at radius 2 is 1.77 bits per heavy atom. The standard InChI is InChI=1S/C23H36N2O2.C4H4O4/c1-22-10-8-15(5-3-4-12-24)13-19(22)20(25-27)14-16-17-6-7-21(26)23(17,2)11-9-18(16)22;5-3(6)1-2-4(7)8/h3,5,15-19,27H,4,6-14,24H2,1-2H3;1-2H,(H,5,6)(H,7,8)/b5-3-,25-20+;2-1+/t15-,16+,17+,18+,19?,22-,23+;/m1./s1. The van der Waals surface area contributed by atoms with Crippen LogP contribution in [-0.2, 0) is 14.4 Å². The molecule has 0 heterocycles. The van der Waals surface area contributed by atoms with Crippen LogP contribution in [0.2, 0.25) is 0 Å². The number of fused-ring (bicyclic) bond motifs is 5. The molecule has 0 amide bonds. The molecule has 4 saturated carbocycles. The number of ketones is 1. The molecule has 4 aliphatic rings. The maximum atomic E-state index is 12.6. The SMILES string of the molecule is C[C@]12CC[C@@H](/C=C\CCN)CC1/C(=N/O)C[C@@H]1[C@@H]2CC[C@]2(C)C(=O)CC[C@@H]12.O=C(O)/C=C/C(=O)O. The van der Waals surface area contributed by atoms with E-state index in [1.54, 1.807) is 0 Å². The summed E-state index contributed by atoms with van der Waals surface area (Å²) in [6.07, 6.45) is 15.1. The summed E-state index contributed by atoms with van der Waals surface area (Å²) in [5.74, 6) is 0.601. The molecule has 0 aliphatic heterocycles. The Labute approximate surface area is 207 Å². The molecule has 0 bridgehead atoms. The summed E-state index contributed by atoms with van der Waals surface area (Å²) in [6.45, 7) is 5.38. The molecule has 0 saturated heterocycles. The monoisotopic (exact) mass is 488 g/mol. The molecule has 4 fully saturated rings. The van der Waals surface area contributed by atoms with Gasteiger partial charge in [-0.25, -0.2) is 9.59 Å². The fourth-order valence-electron chi connectivity index (χ4n) is 7.68. The molecule has 194 valence electrons. The maximum Gasteiger partial charge on any atom is 0.328 e. The van der Waals surface area contributed by atoms with Gasteiger partial charge in [0.1, 0.15) is 5.78 Å². The summed E-state index contributed by atoms with van der Waals surface area (Å²) in [5, 5.41) is 29.3. The van der Waals surface area contributed by atoms with Crippen LogP contribution in [0.5, 0.6) is 0 Å². The van der Waals surface area contributed by atoms with Crippen molar-refractivity contribution in [2.75, 3.05) is 6.54 Å². The van der Waals surface area contributed by atoms with Crippen LogP contribution < -0.4 is 5.73 Å². The number of nitrogens with two attached hydrogens (primary N) is 1. The van der Waals surface area contributed by atoms with Crippen molar-refractivity contribution in [2.24, 2.45) is 51.3 Å². The number of allylic oxidation sites excluding steroid dienone is 1. The Morgan fingerprint density at radius 1 is 1.09 bits per heavy atom. The summed E-state index contributed by atoms with van der Waals surface area (Å²) in [6, 6.07) is 0. The molecule has 1 unspecified atom stereocenters. The molecule has 5 N–H and O–H groups in total. The Bertz CT molecular complexity index is 895. The van der Waals surface area contributed by atoms with Crippen LogP contribution in [0.4, 0.5) is 0 Å². The van der Waals surface area contributed by atoms with Crippen molar-refractivity contribution in [3.63, 3.8) is 0 Å². The Morgan fingerprint density at radius 3 is 2.37 bits per heavy atom. The summed E-state index contributed by atoms with van der Waals surface area (Å²) in [4.78, 5) is 31.7. The highest BCUT2D eigenvalue weighted by atomic mass is 16.4. The lowest BCUT2D eigenvalue weighted by molar-refractivity contribution is -0.134. The van der Waals surface area contributed by atoms with Gasteiger partial charge in [0, 0.05) is 29.9 Å². The second kappa shape index (κ2) is 11.1. The number of oxime groups is 1. The average molecular weight is 489 g/mol. The maximum absolute atomic E-state index is 12.6. The van der Waals surface area contributed by atoms with Crippen LogP contribution in [0.3, 0.4) is 0 Å². The number of Topliss-reactive ketones (excluding diaryl/α,β-unsaturated/α-hetero) is 1. The molecule has 0 aromatic carbocycles. The van der Waals surface area contributed by atoms with E-state index in [-0.39, 0.29) is 10.8 Å². The fourth-order valence-corrected chi connectivity index (χ4v) is 7.68. The average Bonchev–Trinajstić information content (AvgIpc) is 3.12. The summed E-state index contributed by atoms with van der Waals surface area (Å²) < 4.78 is 0. The number of hydrogen-bond donors (Lipinski definition) is 4. The van der Waals surface area contributed by atoms with Crippen molar-refractivity contribution in [2.45, 2.75) is 71.6 Å². The van der Waals surface area contributed by atoms with Crippen LogP contribution in [0.25, 0.3) is 0 Å². The lowest BCUT2D eigenvalue weighted by Gasteiger charge is -2.60. The number of nitrogens with zero attached hydrogens (tertiary/aromatic N) is 1. The smallest absolute Gasteiger partial charge is 0.328 e. The largest absolute Gasteiger partial charge is 0.478 e. The van der Waals surface area contributed by atoms with Gasteiger partial charge in [-0.05, 0) is 87.0 Å². The summed E-state index contributed by atoms with van der Waals surface area (Å²) in [5.41, 5.74) is 6.74. The third-order valence-corrected chi connectivity index (χ3v) is 9.47. The molecular formula is C27H40N2O6. The molecule has 4 aliphatic carbocycles. The first-order valence-corrected chi connectivity index (χ1v) is 12.8. The van der Waals surface area contributed by atoms with E-state index >= 15 is 0 Å². The molecule has 4 rings (SSSR count). The molecule has 0 aromatic heterocycles. The van der Waals surface area contributed by atoms with Crippen molar-refractivity contribution >= 4 is 23.4 Å². The Balaban J connectivity index is 0.000000371. The minimum Gasteiger partial charge on any atom is -0.478 e. The lowest BCUT2D eigenvalue weighted by Crippen LogP contribution is -2.56. The molecule has 8 nitrogen and oxygen atoms in total. The van der Waals surface area contributed by atoms with Crippen molar-refractivity contribution in [1.29, 1.82) is 0 Å². The molecule has 0 radical (unpaired) electrons. The number of hydrogen-bond acceptors (Lipinski definition) is 6. The van der Waals surface area contributed by atoms with Gasteiger partial charge >= 0.3 is 11.9 Å². The first-order valence-electron chi connectivity index (χ1n) is 12.8. The molecule has 0 spiro atoms. The molecule has 7 atom stereocenters. The van der Waals surface area contributed by atoms with E-state index < -0.39 is 11.9 Å². The third-order valence-electron chi connectivity index (χ3n) is 9.47. The fraction of sp³-hybridized carbons (Fsp3) is 0.704. The predicted octanol–water partition coefficient (Wildman–Crippen LogP) is 4.27. The van der Waals surface area contributed by atoms with Crippen molar-refractivity contribution < 1.29 is 29.8 Å². The van der Waals surface area contributed by atoms with Crippen LogP contribution in [0, 0.1) is 40.4 Å². The quantitative estimate of drug-likeness (QED) is 0.195. The molecular weight excluding hydrogens is 448 g/mol. The van der Waals surface area contributed by atoms with Gasteiger partial charge in [0.05, 0.1) is 5.71 Å². The van der Waals surface area contributed by atoms with Gasteiger partial charge in [-0.2, -0.15) is 0 Å². The highest BCUT2D eigenvalue weighted by Gasteiger charge is 2.61. The Kier molecular flexibility index (Phi) is 8.57. The lowest BCUT2D eigenvalue weighted by atomic mass is 9.44. The van der Waals surface area contributed by atoms with E-state index in [0.717, 1.165) is 44.2 Å². The van der Waals surface area contributed by atoms with Gasteiger partial charge in [0.15, 0.2) is 0 Å². The van der Waals surface area contributed by atoms with Crippen molar-refractivity contribution in [1.82, 2.24) is 0 Å². The number of rotatable bonds is 5. The second-order valence-electron chi connectivity index (χ2n) is 11.2. The highest BCUT2D eigenvalue weighted by molar-refractivity contribution is 5.90. The summed E-state index contributed by atoms with van der Waals surface area (Å²) >= 11 is 0. The van der Waals surface area contributed by atoms with E-state index in [1.165, 1.54) is 19.3 Å². The van der Waals surface area contributed by atoms with Gasteiger partial charge in [-0.1, -0.05) is 31.2 Å². The molecule has 8 heteroatoms. The van der Waals surface area contributed by atoms with Gasteiger partial charge in [-0.3, -0.25) is 4.79 Å². The topological polar surface area (TPSA) is 150 Å². The van der Waals surface area contributed by atoms with Gasteiger partial charge in [0.25, 0.3) is 0 Å². The second-order valence-corrected chi connectivity index (χ2v) is 11.2. The molecule has 0 aromatic rings. The van der Waals surface area contributed by atoms with Crippen molar-refractivity contribution in [3.8, 4) is 0 Å². The number of carbonyl (C=O) groups excluding carboxylic acids is 1. The van der Waals surface area contributed by atoms with Crippen LogP contribution >= 0.6 is 0 Å². The number of carboxylic acid groups (broad SMARTS) is 2. The zero-order valence-electron chi connectivity index (χ0n) is 20.9. The van der Waals surface area contributed by atoms with Gasteiger partial charge < -0.3 is 21.2 Å². The van der Waals surface area contributed by atoms with Gasteiger partial charge in [-0.15, -0.1) is 0 Å². The number of aliphatic carboxylic acids is 2. The van der Waals surface area contributed by atoms with E-state index in [0.29, 0.717) is 54.1 Å². The predicted molar refractivity (Wildman–Crippen MR) is 132 cm³/mol. The van der Waals surface area contributed by atoms with Crippen LogP contribution in [-0.4, -0.2) is 45.4 Å². The van der Waals surface area contributed by atoms with E-state index in [9.17, 15) is 19.6 Å². The molecule has 35 heavy (non-hydrogen) atoms. The Hall–Kier alpha value is -2.48. The number of carboxylic acids is 2.